The van der Waals surface area contributed by atoms with E-state index in [0.29, 0.717) is 12.3 Å². The van der Waals surface area contributed by atoms with Crippen LogP contribution in [0.5, 0.6) is 5.75 Å². The molecule has 2 N–H and O–H groups in total. The molecule has 0 saturated carbocycles. The molecular weight excluding hydrogens is 244 g/mol. The maximum atomic E-state index is 11.8. The summed E-state index contributed by atoms with van der Waals surface area (Å²) in [7, 11) is 1.58. The highest BCUT2D eigenvalue weighted by Gasteiger charge is 2.14. The fourth-order valence-corrected chi connectivity index (χ4v) is 1.65. The summed E-state index contributed by atoms with van der Waals surface area (Å²) in [4.78, 5) is 23.3. The van der Waals surface area contributed by atoms with Gasteiger partial charge in [-0.05, 0) is 31.5 Å². The number of carbonyl (C=O) groups excluding carboxylic acids is 2. The smallest absolute Gasteiger partial charge is 0.242 e. The van der Waals surface area contributed by atoms with Crippen molar-refractivity contribution < 1.29 is 14.3 Å². The summed E-state index contributed by atoms with van der Waals surface area (Å²) in [5.74, 6) is 0.343. The molecule has 5 nitrogen and oxygen atoms in total. The molecule has 5 heteroatoms. The van der Waals surface area contributed by atoms with E-state index in [9.17, 15) is 9.59 Å². The minimum absolute atomic E-state index is 0.179. The molecule has 0 fully saturated rings. The predicted octanol–water partition coefficient (Wildman–Crippen LogP) is 0.878. The van der Waals surface area contributed by atoms with Gasteiger partial charge in [0.1, 0.15) is 11.8 Å². The van der Waals surface area contributed by atoms with E-state index in [1.165, 1.54) is 0 Å². The SMILES string of the molecule is CCNC(=O)C(C)NC(=O)Cc1cccc(OC)c1. The summed E-state index contributed by atoms with van der Waals surface area (Å²) in [6, 6.07) is 6.76. The molecule has 0 saturated heterocycles. The third-order valence-corrected chi connectivity index (χ3v) is 2.62. The summed E-state index contributed by atoms with van der Waals surface area (Å²) >= 11 is 0. The third kappa shape index (κ3) is 4.99. The molecule has 2 amide bonds. The number of rotatable bonds is 6. The summed E-state index contributed by atoms with van der Waals surface area (Å²) in [6.45, 7) is 4.05. The van der Waals surface area contributed by atoms with Gasteiger partial charge in [-0.2, -0.15) is 0 Å². The van der Waals surface area contributed by atoms with Crippen LogP contribution < -0.4 is 15.4 Å². The van der Waals surface area contributed by atoms with Gasteiger partial charge in [-0.3, -0.25) is 9.59 Å². The van der Waals surface area contributed by atoms with Crippen molar-refractivity contribution in [2.24, 2.45) is 0 Å². The van der Waals surface area contributed by atoms with Crippen LogP contribution in [0.1, 0.15) is 19.4 Å². The van der Waals surface area contributed by atoms with Crippen LogP contribution in [0.15, 0.2) is 24.3 Å². The van der Waals surface area contributed by atoms with Crippen molar-refractivity contribution >= 4 is 11.8 Å². The molecule has 19 heavy (non-hydrogen) atoms. The van der Waals surface area contributed by atoms with Crippen LogP contribution in [0.25, 0.3) is 0 Å². The zero-order valence-corrected chi connectivity index (χ0v) is 11.5. The quantitative estimate of drug-likeness (QED) is 0.801. The molecule has 0 radical (unpaired) electrons. The summed E-state index contributed by atoms with van der Waals surface area (Å²) in [5, 5.41) is 5.32. The average molecular weight is 264 g/mol. The fourth-order valence-electron chi connectivity index (χ4n) is 1.65. The van der Waals surface area contributed by atoms with Gasteiger partial charge in [0.25, 0.3) is 0 Å². The van der Waals surface area contributed by atoms with Gasteiger partial charge in [0.15, 0.2) is 0 Å². The molecule has 0 aliphatic heterocycles. The van der Waals surface area contributed by atoms with Crippen LogP contribution in [0.4, 0.5) is 0 Å². The van der Waals surface area contributed by atoms with Crippen molar-refractivity contribution in [1.82, 2.24) is 10.6 Å². The van der Waals surface area contributed by atoms with Gasteiger partial charge in [0, 0.05) is 6.54 Å². The van der Waals surface area contributed by atoms with Crippen LogP contribution in [0.3, 0.4) is 0 Å². The van der Waals surface area contributed by atoms with Crippen LogP contribution in [-0.4, -0.2) is 31.5 Å². The van der Waals surface area contributed by atoms with Crippen molar-refractivity contribution in [1.29, 1.82) is 0 Å². The number of methoxy groups -OCH3 is 1. The minimum atomic E-state index is -0.530. The number of likely N-dealkylation sites (N-methyl/N-ethyl adjacent to an activating group) is 1. The Morgan fingerprint density at radius 2 is 2.11 bits per heavy atom. The van der Waals surface area contributed by atoms with Crippen molar-refractivity contribution in [3.05, 3.63) is 29.8 Å². The van der Waals surface area contributed by atoms with E-state index < -0.39 is 6.04 Å². The lowest BCUT2D eigenvalue weighted by Crippen LogP contribution is -2.45. The van der Waals surface area contributed by atoms with Gasteiger partial charge in [-0.1, -0.05) is 12.1 Å². The monoisotopic (exact) mass is 264 g/mol. The Morgan fingerprint density at radius 3 is 2.74 bits per heavy atom. The highest BCUT2D eigenvalue weighted by molar-refractivity contribution is 5.88. The van der Waals surface area contributed by atoms with Crippen molar-refractivity contribution in [3.8, 4) is 5.75 Å². The zero-order valence-electron chi connectivity index (χ0n) is 11.5. The Morgan fingerprint density at radius 1 is 1.37 bits per heavy atom. The summed E-state index contributed by atoms with van der Waals surface area (Å²) in [5.41, 5.74) is 0.847. The number of ether oxygens (including phenoxy) is 1. The molecule has 0 aromatic heterocycles. The Hall–Kier alpha value is -2.04. The number of benzene rings is 1. The van der Waals surface area contributed by atoms with Gasteiger partial charge in [0.05, 0.1) is 13.5 Å². The standard InChI is InChI=1S/C14H20N2O3/c1-4-15-14(18)10(2)16-13(17)9-11-6-5-7-12(8-11)19-3/h5-8,10H,4,9H2,1-3H3,(H,15,18)(H,16,17). The molecule has 104 valence electrons. The second-order valence-electron chi connectivity index (χ2n) is 4.21. The Bertz CT molecular complexity index is 446. The van der Waals surface area contributed by atoms with E-state index in [-0.39, 0.29) is 18.2 Å². The van der Waals surface area contributed by atoms with E-state index >= 15 is 0 Å². The van der Waals surface area contributed by atoms with Gasteiger partial charge in [-0.25, -0.2) is 0 Å². The molecule has 0 bridgehead atoms. The van der Waals surface area contributed by atoms with E-state index in [1.54, 1.807) is 20.1 Å². The molecule has 0 heterocycles. The Balaban J connectivity index is 2.52. The summed E-state index contributed by atoms with van der Waals surface area (Å²) < 4.78 is 5.09. The first-order valence-electron chi connectivity index (χ1n) is 6.26. The predicted molar refractivity (Wildman–Crippen MR) is 73.0 cm³/mol. The third-order valence-electron chi connectivity index (χ3n) is 2.62. The number of hydrogen-bond acceptors (Lipinski definition) is 3. The first kappa shape index (κ1) is 15.0. The lowest BCUT2D eigenvalue weighted by molar-refractivity contribution is -0.128. The highest BCUT2D eigenvalue weighted by Crippen LogP contribution is 2.12. The van der Waals surface area contributed by atoms with Gasteiger partial charge < -0.3 is 15.4 Å². The summed E-state index contributed by atoms with van der Waals surface area (Å²) in [6.07, 6.45) is 0.223. The molecular formula is C14H20N2O3. The lowest BCUT2D eigenvalue weighted by Gasteiger charge is -2.13. The first-order valence-corrected chi connectivity index (χ1v) is 6.26. The molecule has 0 spiro atoms. The van der Waals surface area contributed by atoms with E-state index in [0.717, 1.165) is 5.56 Å². The number of hydrogen-bond donors (Lipinski definition) is 2. The first-order chi connectivity index (χ1) is 9.06. The highest BCUT2D eigenvalue weighted by atomic mass is 16.5. The van der Waals surface area contributed by atoms with Gasteiger partial charge >= 0.3 is 0 Å². The number of carbonyl (C=O) groups is 2. The number of amides is 2. The maximum absolute atomic E-state index is 11.8. The van der Waals surface area contributed by atoms with E-state index in [4.69, 9.17) is 4.74 Å². The maximum Gasteiger partial charge on any atom is 0.242 e. The molecule has 1 atom stereocenters. The molecule has 1 unspecified atom stereocenters. The number of nitrogens with one attached hydrogen (secondary N) is 2. The lowest BCUT2D eigenvalue weighted by atomic mass is 10.1. The molecule has 1 rings (SSSR count). The fraction of sp³-hybridized carbons (Fsp3) is 0.429. The zero-order chi connectivity index (χ0) is 14.3. The van der Waals surface area contributed by atoms with Crippen LogP contribution in [0, 0.1) is 0 Å². The average Bonchev–Trinajstić information content (AvgIpc) is 2.39. The van der Waals surface area contributed by atoms with Crippen LogP contribution >= 0.6 is 0 Å². The topological polar surface area (TPSA) is 67.4 Å². The second kappa shape index (κ2) is 7.41. The van der Waals surface area contributed by atoms with Gasteiger partial charge in [0.2, 0.25) is 11.8 Å². The van der Waals surface area contributed by atoms with E-state index in [2.05, 4.69) is 10.6 Å². The van der Waals surface area contributed by atoms with Crippen LogP contribution in [-0.2, 0) is 16.0 Å². The van der Waals surface area contributed by atoms with Crippen LogP contribution in [0.2, 0.25) is 0 Å². The molecule has 0 aliphatic carbocycles. The Labute approximate surface area is 113 Å². The largest absolute Gasteiger partial charge is 0.497 e. The van der Waals surface area contributed by atoms with E-state index in [1.807, 2.05) is 25.1 Å². The van der Waals surface area contributed by atoms with Crippen molar-refractivity contribution in [3.63, 3.8) is 0 Å². The minimum Gasteiger partial charge on any atom is -0.497 e. The molecule has 0 aliphatic rings. The normalized spacial score (nSPS) is 11.5. The second-order valence-corrected chi connectivity index (χ2v) is 4.21. The van der Waals surface area contributed by atoms with Gasteiger partial charge in [-0.15, -0.1) is 0 Å². The Kier molecular flexibility index (Phi) is 5.85. The van der Waals surface area contributed by atoms with Crippen molar-refractivity contribution in [2.75, 3.05) is 13.7 Å². The van der Waals surface area contributed by atoms with Crippen molar-refractivity contribution in [2.45, 2.75) is 26.3 Å². The molecule has 1 aromatic rings. The molecule has 1 aromatic carbocycles.